The molecule has 0 saturated carbocycles. The molecule has 0 aromatic heterocycles. The average molecular weight is 243 g/mol. The smallest absolute Gasteiger partial charge is 0.234 e. The lowest BCUT2D eigenvalue weighted by atomic mass is 9.88. The Bertz CT molecular complexity index is 558. The first-order valence-corrected chi connectivity index (χ1v) is 5.59. The van der Waals surface area contributed by atoms with Gasteiger partial charge in [-0.3, -0.25) is 9.59 Å². The van der Waals surface area contributed by atoms with E-state index in [0.717, 1.165) is 0 Å². The van der Waals surface area contributed by atoms with Gasteiger partial charge in [0, 0.05) is 24.2 Å². The molecule has 0 atom stereocenters. The van der Waals surface area contributed by atoms with Gasteiger partial charge in [0.05, 0.1) is 5.57 Å². The fourth-order valence-electron chi connectivity index (χ4n) is 1.88. The molecule has 0 saturated heterocycles. The van der Waals surface area contributed by atoms with Crippen LogP contribution in [0.15, 0.2) is 42.5 Å². The molecule has 0 unspecified atom stereocenters. The number of carbonyl (C=O) groups excluding carboxylic acids is 2. The van der Waals surface area contributed by atoms with E-state index in [-0.39, 0.29) is 23.4 Å². The van der Waals surface area contributed by atoms with Crippen LogP contribution in [-0.4, -0.2) is 29.8 Å². The minimum absolute atomic E-state index is 0.112. The molecule has 1 aliphatic carbocycles. The highest BCUT2D eigenvalue weighted by Gasteiger charge is 2.31. The fourth-order valence-corrected chi connectivity index (χ4v) is 1.88. The number of aliphatic hydroxyl groups is 1. The van der Waals surface area contributed by atoms with E-state index < -0.39 is 11.6 Å². The Hall–Kier alpha value is -2.20. The quantitative estimate of drug-likeness (QED) is 0.478. The highest BCUT2D eigenvalue weighted by Crippen LogP contribution is 2.27. The molecule has 0 aliphatic heterocycles. The largest absolute Gasteiger partial charge is 0.507 e. The van der Waals surface area contributed by atoms with Gasteiger partial charge in [0.2, 0.25) is 11.6 Å². The maximum absolute atomic E-state index is 11.9. The van der Waals surface area contributed by atoms with Crippen LogP contribution in [0.5, 0.6) is 0 Å². The lowest BCUT2D eigenvalue weighted by molar-refractivity contribution is -0.112. The zero-order chi connectivity index (χ0) is 13.1. The molecule has 1 aliphatic rings. The summed E-state index contributed by atoms with van der Waals surface area (Å²) < 4.78 is 0. The third kappa shape index (κ3) is 1.98. The number of carbonyl (C=O) groups is 2. The molecular formula is C14H13NO3. The summed E-state index contributed by atoms with van der Waals surface area (Å²) in [5.41, 5.74) is 0.783. The molecule has 0 amide bonds. The van der Waals surface area contributed by atoms with Crippen LogP contribution in [0, 0.1) is 0 Å². The zero-order valence-corrected chi connectivity index (χ0v) is 9.77. The van der Waals surface area contributed by atoms with E-state index in [2.05, 4.69) is 11.9 Å². The number of benzene rings is 1. The molecule has 4 heteroatoms. The van der Waals surface area contributed by atoms with Gasteiger partial charge in [-0.1, -0.05) is 30.3 Å². The van der Waals surface area contributed by atoms with Crippen molar-refractivity contribution >= 4 is 17.3 Å². The highest BCUT2D eigenvalue weighted by atomic mass is 16.3. The maximum atomic E-state index is 11.9. The van der Waals surface area contributed by atoms with Crippen molar-refractivity contribution in [3.63, 3.8) is 0 Å². The molecule has 0 spiro atoms. The highest BCUT2D eigenvalue weighted by molar-refractivity contribution is 6.52. The summed E-state index contributed by atoms with van der Waals surface area (Å²) in [7, 11) is 0. The molecule has 4 nitrogen and oxygen atoms in total. The molecule has 0 radical (unpaired) electrons. The van der Waals surface area contributed by atoms with Gasteiger partial charge in [0.25, 0.3) is 0 Å². The Morgan fingerprint density at radius 1 is 1.17 bits per heavy atom. The second-order valence-electron chi connectivity index (χ2n) is 3.95. The van der Waals surface area contributed by atoms with Gasteiger partial charge in [-0.2, -0.15) is 0 Å². The summed E-state index contributed by atoms with van der Waals surface area (Å²) in [6.45, 7) is 4.19. The van der Waals surface area contributed by atoms with E-state index in [9.17, 15) is 14.7 Å². The van der Waals surface area contributed by atoms with Gasteiger partial charge in [0.15, 0.2) is 0 Å². The Labute approximate surface area is 105 Å². The molecule has 18 heavy (non-hydrogen) atoms. The van der Waals surface area contributed by atoms with Crippen LogP contribution in [0.4, 0.5) is 0 Å². The molecular weight excluding hydrogens is 230 g/mol. The van der Waals surface area contributed by atoms with Gasteiger partial charge < -0.3 is 10.4 Å². The third-order valence-corrected chi connectivity index (χ3v) is 2.78. The van der Waals surface area contributed by atoms with E-state index >= 15 is 0 Å². The number of ketones is 2. The van der Waals surface area contributed by atoms with E-state index in [0.29, 0.717) is 12.1 Å². The van der Waals surface area contributed by atoms with Crippen molar-refractivity contribution in [3.8, 4) is 0 Å². The SMILES string of the molecule is C=CCNCC1=C(O)c2ccccc2C(=O)C1=O. The van der Waals surface area contributed by atoms with Crippen molar-refractivity contribution < 1.29 is 14.7 Å². The van der Waals surface area contributed by atoms with Crippen molar-refractivity contribution in [2.45, 2.75) is 0 Å². The van der Waals surface area contributed by atoms with Gasteiger partial charge in [-0.25, -0.2) is 0 Å². The lowest BCUT2D eigenvalue weighted by Gasteiger charge is -2.17. The Kier molecular flexibility index (Phi) is 3.39. The van der Waals surface area contributed by atoms with E-state index in [4.69, 9.17) is 0 Å². The molecule has 2 N–H and O–H groups in total. The number of aliphatic hydroxyl groups excluding tert-OH is 1. The van der Waals surface area contributed by atoms with Gasteiger partial charge in [-0.15, -0.1) is 6.58 Å². The van der Waals surface area contributed by atoms with Gasteiger partial charge >= 0.3 is 0 Å². The third-order valence-electron chi connectivity index (χ3n) is 2.78. The minimum Gasteiger partial charge on any atom is -0.507 e. The van der Waals surface area contributed by atoms with Crippen molar-refractivity contribution in [1.29, 1.82) is 0 Å². The molecule has 0 heterocycles. The summed E-state index contributed by atoms with van der Waals surface area (Å²) in [5, 5.41) is 13.0. The van der Waals surface area contributed by atoms with Crippen molar-refractivity contribution in [1.82, 2.24) is 5.32 Å². The Morgan fingerprint density at radius 3 is 2.50 bits per heavy atom. The molecule has 2 rings (SSSR count). The summed E-state index contributed by atoms with van der Waals surface area (Å²) in [5.74, 6) is -1.34. The van der Waals surface area contributed by atoms with Crippen LogP contribution in [0.3, 0.4) is 0 Å². The topological polar surface area (TPSA) is 66.4 Å². The number of fused-ring (bicyclic) bond motifs is 1. The van der Waals surface area contributed by atoms with Crippen molar-refractivity contribution in [2.75, 3.05) is 13.1 Å². The fraction of sp³-hybridized carbons (Fsp3) is 0.143. The van der Waals surface area contributed by atoms with Crippen LogP contribution in [0.1, 0.15) is 15.9 Å². The molecule has 0 bridgehead atoms. The first-order chi connectivity index (χ1) is 8.66. The van der Waals surface area contributed by atoms with Crippen LogP contribution in [0.2, 0.25) is 0 Å². The predicted octanol–water partition coefficient (Wildman–Crippen LogP) is 1.50. The molecule has 0 fully saturated rings. The molecule has 1 aromatic carbocycles. The van der Waals surface area contributed by atoms with Crippen LogP contribution in [0.25, 0.3) is 5.76 Å². The Morgan fingerprint density at radius 2 is 1.83 bits per heavy atom. The zero-order valence-electron chi connectivity index (χ0n) is 9.77. The second-order valence-corrected chi connectivity index (χ2v) is 3.95. The van der Waals surface area contributed by atoms with E-state index in [1.807, 2.05) is 0 Å². The summed E-state index contributed by atoms with van der Waals surface area (Å²) in [6.07, 6.45) is 1.64. The van der Waals surface area contributed by atoms with Crippen LogP contribution in [-0.2, 0) is 4.79 Å². The first kappa shape index (κ1) is 12.3. The summed E-state index contributed by atoms with van der Waals surface area (Å²) in [4.78, 5) is 23.7. The maximum Gasteiger partial charge on any atom is 0.234 e. The minimum atomic E-state index is -0.650. The number of hydrogen-bond donors (Lipinski definition) is 2. The lowest BCUT2D eigenvalue weighted by Crippen LogP contribution is -2.30. The van der Waals surface area contributed by atoms with Crippen molar-refractivity contribution in [3.05, 3.63) is 53.6 Å². The van der Waals surface area contributed by atoms with Gasteiger partial charge in [0.1, 0.15) is 5.76 Å². The molecule has 92 valence electrons. The monoisotopic (exact) mass is 243 g/mol. The Balaban J connectivity index is 2.42. The number of nitrogens with one attached hydrogen (secondary N) is 1. The first-order valence-electron chi connectivity index (χ1n) is 5.59. The van der Waals surface area contributed by atoms with Crippen molar-refractivity contribution in [2.24, 2.45) is 0 Å². The molecule has 1 aromatic rings. The van der Waals surface area contributed by atoms with E-state index in [1.165, 1.54) is 0 Å². The average Bonchev–Trinajstić information content (AvgIpc) is 2.40. The van der Waals surface area contributed by atoms with E-state index in [1.54, 1.807) is 30.3 Å². The number of hydrogen-bond acceptors (Lipinski definition) is 4. The standard InChI is InChI=1S/C14H13NO3/c1-2-7-15-8-11-12(16)9-5-3-4-6-10(9)13(17)14(11)18/h2-6,15-16H,1,7-8H2. The number of Topliss-reactive ketones (excluding diaryl/α,β-unsaturated/α-hetero) is 2. The summed E-state index contributed by atoms with van der Waals surface area (Å²) in [6, 6.07) is 6.55. The van der Waals surface area contributed by atoms with Crippen LogP contribution < -0.4 is 5.32 Å². The van der Waals surface area contributed by atoms with Gasteiger partial charge in [-0.05, 0) is 0 Å². The predicted molar refractivity (Wildman–Crippen MR) is 68.4 cm³/mol. The number of rotatable bonds is 4. The van der Waals surface area contributed by atoms with Crippen LogP contribution >= 0.6 is 0 Å². The summed E-state index contributed by atoms with van der Waals surface area (Å²) >= 11 is 0. The normalized spacial score (nSPS) is 14.7. The second kappa shape index (κ2) is 4.98.